The molecule has 0 amide bonds. The Kier molecular flexibility index (Phi) is 17.3. The maximum atomic E-state index is 6.04. The summed E-state index contributed by atoms with van der Waals surface area (Å²) in [5.74, 6) is 6.52. The number of hydrazine groups is 1. The van der Waals surface area contributed by atoms with E-state index >= 15 is 0 Å². The number of nitrogens with zero attached hydrogens (tertiary/aromatic N) is 4. The second kappa shape index (κ2) is 22.0. The van der Waals surface area contributed by atoms with E-state index in [1.54, 1.807) is 0 Å². The molecule has 0 radical (unpaired) electrons. The number of aliphatic imine (C=N–C) groups is 2. The Bertz CT molecular complexity index is 1470. The van der Waals surface area contributed by atoms with Crippen LogP contribution in [0, 0.1) is 0 Å². The number of benzene rings is 4. The van der Waals surface area contributed by atoms with E-state index in [4.69, 9.17) is 23.0 Å². The smallest absolute Gasteiger partial charge is 0.125 e. The molecule has 0 heterocycles. The van der Waals surface area contributed by atoms with Crippen molar-refractivity contribution in [2.45, 2.75) is 46.2 Å². The first-order chi connectivity index (χ1) is 23.4. The quantitative estimate of drug-likeness (QED) is 0.0226. The fourth-order valence-corrected chi connectivity index (χ4v) is 5.10. The molecule has 48 heavy (non-hydrogen) atoms. The number of nitrogens with two attached hydrogens (primary N) is 4. The molecule has 0 fully saturated rings. The lowest BCUT2D eigenvalue weighted by molar-refractivity contribution is 0.274. The van der Waals surface area contributed by atoms with Gasteiger partial charge < -0.3 is 22.6 Å². The van der Waals surface area contributed by atoms with E-state index in [9.17, 15) is 0 Å². The highest BCUT2D eigenvalue weighted by Crippen LogP contribution is 2.10. The van der Waals surface area contributed by atoms with Gasteiger partial charge in [-0.2, -0.15) is 0 Å². The van der Waals surface area contributed by atoms with Gasteiger partial charge in [0, 0.05) is 55.2 Å². The standard InChI is InChI=1S/C20H29N5.C19H26N4/c1-2-25(16-17-8-4-3-5-9-17)15-7-6-14-23-20(21)18-10-12-19(24-22)13-11-18;1-2-23(15-16-7-4-3-5-8-16)14-6-13-22-19(21)17-9-11-18(20)12-10-17/h3-5,8-13,24H,2,6-7,14-16,22H2,1H3,(H2,21,23);3-5,7-12H,2,6,13-15,20H2,1H3,(H2,21,22). The van der Waals surface area contributed by atoms with Crippen molar-refractivity contribution in [1.82, 2.24) is 9.80 Å². The van der Waals surface area contributed by atoms with Gasteiger partial charge in [-0.15, -0.1) is 0 Å². The first-order valence-electron chi connectivity index (χ1n) is 17.0. The molecule has 0 unspecified atom stereocenters. The summed E-state index contributed by atoms with van der Waals surface area (Å²) < 4.78 is 0. The molecule has 9 heteroatoms. The van der Waals surface area contributed by atoms with Crippen LogP contribution < -0.4 is 28.5 Å². The van der Waals surface area contributed by atoms with Crippen molar-refractivity contribution >= 4 is 23.0 Å². The summed E-state index contributed by atoms with van der Waals surface area (Å²) in [7, 11) is 0. The van der Waals surface area contributed by atoms with Gasteiger partial charge in [0.15, 0.2) is 0 Å². The topological polar surface area (TPSA) is 147 Å². The van der Waals surface area contributed by atoms with E-state index in [1.807, 2.05) is 48.5 Å². The molecule has 0 bridgehead atoms. The fourth-order valence-electron chi connectivity index (χ4n) is 5.10. The molecule has 0 saturated heterocycles. The molecule has 4 aromatic rings. The highest BCUT2D eigenvalue weighted by molar-refractivity contribution is 5.98. The minimum Gasteiger partial charge on any atom is -0.399 e. The molecule has 256 valence electrons. The molecule has 0 aromatic heterocycles. The van der Waals surface area contributed by atoms with Crippen LogP contribution in [0.1, 0.15) is 55.4 Å². The summed E-state index contributed by atoms with van der Waals surface area (Å²) in [6.45, 7) is 12.1. The Morgan fingerprint density at radius 3 is 1.48 bits per heavy atom. The van der Waals surface area contributed by atoms with Crippen molar-refractivity contribution in [3.8, 4) is 0 Å². The van der Waals surface area contributed by atoms with Crippen LogP contribution in [0.15, 0.2) is 119 Å². The van der Waals surface area contributed by atoms with E-state index in [0.717, 1.165) is 94.1 Å². The van der Waals surface area contributed by atoms with Crippen LogP contribution in [0.2, 0.25) is 0 Å². The van der Waals surface area contributed by atoms with E-state index in [2.05, 4.69) is 99.7 Å². The average Bonchev–Trinajstić information content (AvgIpc) is 3.13. The molecule has 0 atom stereocenters. The molecule has 9 N–H and O–H groups in total. The van der Waals surface area contributed by atoms with E-state index in [1.165, 1.54) is 11.1 Å². The Labute approximate surface area is 287 Å². The highest BCUT2D eigenvalue weighted by atomic mass is 15.2. The zero-order valence-electron chi connectivity index (χ0n) is 28.8. The molecule has 0 aliphatic heterocycles. The van der Waals surface area contributed by atoms with Gasteiger partial charge in [0.1, 0.15) is 11.7 Å². The van der Waals surface area contributed by atoms with Crippen LogP contribution in [-0.4, -0.2) is 60.7 Å². The zero-order chi connectivity index (χ0) is 34.4. The largest absolute Gasteiger partial charge is 0.399 e. The lowest BCUT2D eigenvalue weighted by Gasteiger charge is -2.20. The molecule has 0 aliphatic rings. The lowest BCUT2D eigenvalue weighted by atomic mass is 10.2. The first kappa shape index (κ1) is 37.8. The third kappa shape index (κ3) is 14.4. The van der Waals surface area contributed by atoms with Crippen molar-refractivity contribution < 1.29 is 0 Å². The van der Waals surface area contributed by atoms with Crippen LogP contribution in [0.4, 0.5) is 11.4 Å². The van der Waals surface area contributed by atoms with E-state index in [-0.39, 0.29) is 0 Å². The van der Waals surface area contributed by atoms with Crippen molar-refractivity contribution in [1.29, 1.82) is 0 Å². The van der Waals surface area contributed by atoms with Crippen LogP contribution in [-0.2, 0) is 13.1 Å². The van der Waals surface area contributed by atoms with Crippen molar-refractivity contribution in [3.63, 3.8) is 0 Å². The number of amidine groups is 2. The summed E-state index contributed by atoms with van der Waals surface area (Å²) >= 11 is 0. The second-order valence-corrected chi connectivity index (χ2v) is 11.6. The average molecular weight is 650 g/mol. The molecular weight excluding hydrogens is 594 g/mol. The second-order valence-electron chi connectivity index (χ2n) is 11.6. The molecule has 9 nitrogen and oxygen atoms in total. The third-order valence-electron chi connectivity index (χ3n) is 8.03. The van der Waals surface area contributed by atoms with E-state index < -0.39 is 0 Å². The Morgan fingerprint density at radius 1 is 0.583 bits per heavy atom. The van der Waals surface area contributed by atoms with Crippen LogP contribution in [0.25, 0.3) is 0 Å². The number of hydrogen-bond acceptors (Lipinski definition) is 7. The van der Waals surface area contributed by atoms with Gasteiger partial charge in [0.05, 0.1) is 0 Å². The molecular formula is C39H55N9. The molecule has 0 spiro atoms. The number of unbranched alkanes of at least 4 members (excludes halogenated alkanes) is 1. The maximum Gasteiger partial charge on any atom is 0.125 e. The lowest BCUT2D eigenvalue weighted by Crippen LogP contribution is -2.24. The molecule has 0 aliphatic carbocycles. The number of anilines is 2. The minimum absolute atomic E-state index is 0.580. The van der Waals surface area contributed by atoms with Gasteiger partial charge in [0.25, 0.3) is 0 Å². The summed E-state index contributed by atoms with van der Waals surface area (Å²) in [5.41, 5.74) is 26.5. The Balaban J connectivity index is 0.000000261. The molecule has 4 aromatic carbocycles. The monoisotopic (exact) mass is 649 g/mol. The number of nitrogen functional groups attached to an aromatic ring is 2. The van der Waals surface area contributed by atoms with Crippen molar-refractivity contribution in [3.05, 3.63) is 131 Å². The summed E-state index contributed by atoms with van der Waals surface area (Å²) in [6.07, 6.45) is 3.15. The predicted molar refractivity (Wildman–Crippen MR) is 205 cm³/mol. The van der Waals surface area contributed by atoms with Crippen LogP contribution in [0.3, 0.4) is 0 Å². The predicted octanol–water partition coefficient (Wildman–Crippen LogP) is 5.87. The zero-order valence-corrected chi connectivity index (χ0v) is 28.8. The van der Waals surface area contributed by atoms with Crippen molar-refractivity contribution in [2.24, 2.45) is 27.3 Å². The summed E-state index contributed by atoms with van der Waals surface area (Å²) in [6, 6.07) is 36.3. The van der Waals surface area contributed by atoms with Gasteiger partial charge in [0.2, 0.25) is 0 Å². The van der Waals surface area contributed by atoms with Gasteiger partial charge in [-0.25, -0.2) is 0 Å². The number of nitrogens with one attached hydrogen (secondary N) is 1. The Hall–Kier alpha value is -4.70. The number of rotatable bonds is 18. The SMILES string of the molecule is CCN(CCCCN=C(N)c1ccc(NN)cc1)Cc1ccccc1.CCN(CCCN=C(N)c1ccc(N)cc1)Cc1ccccc1. The normalized spacial score (nSPS) is 11.8. The Morgan fingerprint density at radius 2 is 1.02 bits per heavy atom. The van der Waals surface area contributed by atoms with Crippen LogP contribution >= 0.6 is 0 Å². The highest BCUT2D eigenvalue weighted by Gasteiger charge is 2.05. The van der Waals surface area contributed by atoms with Crippen molar-refractivity contribution in [2.75, 3.05) is 50.4 Å². The van der Waals surface area contributed by atoms with Gasteiger partial charge in [-0.1, -0.05) is 74.5 Å². The number of hydrogen-bond donors (Lipinski definition) is 5. The maximum absolute atomic E-state index is 6.04. The summed E-state index contributed by atoms with van der Waals surface area (Å²) in [5, 5.41) is 0. The van der Waals surface area contributed by atoms with Crippen LogP contribution in [0.5, 0.6) is 0 Å². The minimum atomic E-state index is 0.580. The fraction of sp³-hybridized carbons (Fsp3) is 0.333. The third-order valence-corrected chi connectivity index (χ3v) is 8.03. The van der Waals surface area contributed by atoms with E-state index in [0.29, 0.717) is 11.7 Å². The van der Waals surface area contributed by atoms with Gasteiger partial charge in [-0.3, -0.25) is 25.6 Å². The summed E-state index contributed by atoms with van der Waals surface area (Å²) in [4.78, 5) is 13.8. The molecule has 0 saturated carbocycles. The van der Waals surface area contributed by atoms with Gasteiger partial charge >= 0.3 is 0 Å². The van der Waals surface area contributed by atoms with Gasteiger partial charge in [-0.05, 0) is 98.6 Å². The first-order valence-corrected chi connectivity index (χ1v) is 17.0. The molecule has 4 rings (SSSR count).